The van der Waals surface area contributed by atoms with Crippen molar-refractivity contribution in [3.63, 3.8) is 0 Å². The first kappa shape index (κ1) is 23.1. The van der Waals surface area contributed by atoms with Crippen molar-refractivity contribution in [2.75, 3.05) is 44.2 Å². The highest BCUT2D eigenvalue weighted by molar-refractivity contribution is 7.97. The fourth-order valence-electron chi connectivity index (χ4n) is 5.09. The summed E-state index contributed by atoms with van der Waals surface area (Å²) >= 11 is 1.74. The molecule has 9 heteroatoms. The number of cyclic esters (lactones) is 1. The lowest BCUT2D eigenvalue weighted by Gasteiger charge is -2.46. The van der Waals surface area contributed by atoms with Gasteiger partial charge in [-0.2, -0.15) is 5.26 Å². The third-order valence-electron chi connectivity index (χ3n) is 7.25. The first-order valence-electron chi connectivity index (χ1n) is 11.8. The van der Waals surface area contributed by atoms with Crippen molar-refractivity contribution in [2.24, 2.45) is 5.41 Å². The van der Waals surface area contributed by atoms with Crippen molar-refractivity contribution in [1.29, 1.82) is 5.26 Å². The standard InChI is InChI=1S/C25H28FN5O2S/c26-22-3-1-19(15-20(22)16-27)18-29-9-5-25(6-10-29)7-11-30(12-8-25)34-21-2-4-23(28-17-21)31-13-14-33-24(31)32/h1-4,15,17H,5-14,18H2. The molecule has 0 unspecified atom stereocenters. The van der Waals surface area contributed by atoms with Crippen molar-refractivity contribution in [2.45, 2.75) is 37.1 Å². The predicted molar refractivity (Wildman–Crippen MR) is 128 cm³/mol. The number of carbonyl (C=O) groups is 1. The molecule has 1 aromatic carbocycles. The zero-order valence-corrected chi connectivity index (χ0v) is 19.9. The van der Waals surface area contributed by atoms with Crippen LogP contribution in [-0.2, 0) is 11.3 Å². The molecule has 0 radical (unpaired) electrons. The largest absolute Gasteiger partial charge is 0.447 e. The second kappa shape index (κ2) is 9.90. The molecular weight excluding hydrogens is 453 g/mol. The van der Waals surface area contributed by atoms with E-state index in [2.05, 4.69) is 14.2 Å². The van der Waals surface area contributed by atoms with Crippen LogP contribution in [0.5, 0.6) is 0 Å². The molecule has 2 aromatic rings. The molecule has 0 N–H and O–H groups in total. The van der Waals surface area contributed by atoms with Crippen molar-refractivity contribution in [1.82, 2.24) is 14.2 Å². The molecule has 3 saturated heterocycles. The maximum absolute atomic E-state index is 13.6. The van der Waals surface area contributed by atoms with Crippen LogP contribution in [0.4, 0.5) is 15.0 Å². The van der Waals surface area contributed by atoms with Crippen molar-refractivity contribution >= 4 is 23.9 Å². The average molecular weight is 482 g/mol. The zero-order valence-electron chi connectivity index (χ0n) is 19.1. The molecule has 3 aliphatic heterocycles. The number of halogens is 1. The Hall–Kier alpha value is -2.67. The summed E-state index contributed by atoms with van der Waals surface area (Å²) in [6, 6.07) is 10.7. The van der Waals surface area contributed by atoms with E-state index in [1.54, 1.807) is 29.0 Å². The minimum absolute atomic E-state index is 0.124. The Bertz CT molecular complexity index is 1070. The van der Waals surface area contributed by atoms with Gasteiger partial charge in [0.1, 0.15) is 24.3 Å². The molecule has 1 spiro atoms. The number of aromatic nitrogens is 1. The van der Waals surface area contributed by atoms with Gasteiger partial charge in [-0.1, -0.05) is 6.07 Å². The highest BCUT2D eigenvalue weighted by Crippen LogP contribution is 2.43. The zero-order chi connectivity index (χ0) is 23.5. The first-order valence-corrected chi connectivity index (χ1v) is 12.6. The second-order valence-electron chi connectivity index (χ2n) is 9.34. The normalized spacial score (nSPS) is 20.9. The Morgan fingerprint density at radius 3 is 2.50 bits per heavy atom. The fraction of sp³-hybridized carbons (Fsp3) is 0.480. The topological polar surface area (TPSA) is 72.7 Å². The van der Waals surface area contributed by atoms with E-state index >= 15 is 0 Å². The third kappa shape index (κ3) is 5.04. The summed E-state index contributed by atoms with van der Waals surface area (Å²) < 4.78 is 21.0. The van der Waals surface area contributed by atoms with Crippen LogP contribution < -0.4 is 4.90 Å². The number of benzene rings is 1. The number of piperidine rings is 2. The Morgan fingerprint density at radius 1 is 1.09 bits per heavy atom. The van der Waals surface area contributed by atoms with Gasteiger partial charge in [-0.15, -0.1) is 0 Å². The van der Waals surface area contributed by atoms with Crippen molar-refractivity contribution in [3.8, 4) is 6.07 Å². The van der Waals surface area contributed by atoms with E-state index in [1.807, 2.05) is 24.4 Å². The lowest BCUT2D eigenvalue weighted by atomic mass is 9.71. The number of ether oxygens (including phenoxy) is 1. The van der Waals surface area contributed by atoms with Gasteiger partial charge in [0.25, 0.3) is 0 Å². The van der Waals surface area contributed by atoms with Crippen LogP contribution in [0.2, 0.25) is 0 Å². The predicted octanol–water partition coefficient (Wildman–Crippen LogP) is 4.43. The van der Waals surface area contributed by atoms with Crippen LogP contribution in [-0.4, -0.2) is 59.6 Å². The fourth-order valence-corrected chi connectivity index (χ4v) is 5.98. The Labute approximate surface area is 203 Å². The average Bonchev–Trinajstić information content (AvgIpc) is 3.30. The maximum Gasteiger partial charge on any atom is 0.415 e. The molecule has 34 heavy (non-hydrogen) atoms. The van der Waals surface area contributed by atoms with Gasteiger partial charge < -0.3 is 4.74 Å². The highest BCUT2D eigenvalue weighted by atomic mass is 32.2. The SMILES string of the molecule is N#Cc1cc(CN2CCC3(CC2)CCN(Sc2ccc(N4CCOC4=O)nc2)CC3)ccc1F. The Kier molecular flexibility index (Phi) is 6.73. The van der Waals surface area contributed by atoms with Gasteiger partial charge in [0.15, 0.2) is 0 Å². The number of hydrogen-bond acceptors (Lipinski definition) is 7. The number of nitrogens with zero attached hydrogens (tertiary/aromatic N) is 5. The molecule has 1 amide bonds. The number of pyridine rings is 1. The molecule has 7 nitrogen and oxygen atoms in total. The second-order valence-corrected chi connectivity index (χ2v) is 10.5. The van der Waals surface area contributed by atoms with E-state index < -0.39 is 5.82 Å². The van der Waals surface area contributed by atoms with E-state index in [0.717, 1.165) is 43.2 Å². The van der Waals surface area contributed by atoms with E-state index in [-0.39, 0.29) is 11.7 Å². The lowest BCUT2D eigenvalue weighted by molar-refractivity contribution is 0.0550. The van der Waals surface area contributed by atoms with E-state index in [1.165, 1.54) is 31.7 Å². The maximum atomic E-state index is 13.6. The van der Waals surface area contributed by atoms with Gasteiger partial charge in [0.2, 0.25) is 0 Å². The van der Waals surface area contributed by atoms with Crippen LogP contribution in [0.3, 0.4) is 0 Å². The summed E-state index contributed by atoms with van der Waals surface area (Å²) in [4.78, 5) is 21.2. The van der Waals surface area contributed by atoms with Crippen molar-refractivity contribution in [3.05, 3.63) is 53.5 Å². The number of likely N-dealkylation sites (tertiary alicyclic amines) is 1. The number of rotatable bonds is 5. The van der Waals surface area contributed by atoms with Crippen LogP contribution >= 0.6 is 11.9 Å². The highest BCUT2D eigenvalue weighted by Gasteiger charge is 2.37. The molecule has 0 aliphatic carbocycles. The molecule has 3 aliphatic rings. The van der Waals surface area contributed by atoms with E-state index in [4.69, 9.17) is 10.00 Å². The molecule has 4 heterocycles. The smallest absolute Gasteiger partial charge is 0.415 e. The molecule has 0 saturated carbocycles. The summed E-state index contributed by atoms with van der Waals surface area (Å²) in [5, 5.41) is 9.06. The van der Waals surface area contributed by atoms with Crippen molar-refractivity contribution < 1.29 is 13.9 Å². The Morgan fingerprint density at radius 2 is 1.85 bits per heavy atom. The Balaban J connectivity index is 1.09. The van der Waals surface area contributed by atoms with Crippen LogP contribution in [0.1, 0.15) is 36.8 Å². The van der Waals surface area contributed by atoms with Crippen LogP contribution in [0.15, 0.2) is 41.4 Å². The van der Waals surface area contributed by atoms with E-state index in [0.29, 0.717) is 24.4 Å². The van der Waals surface area contributed by atoms with E-state index in [9.17, 15) is 9.18 Å². The van der Waals surface area contributed by atoms with Crippen LogP contribution in [0, 0.1) is 22.6 Å². The molecule has 3 fully saturated rings. The first-order chi connectivity index (χ1) is 16.5. The summed E-state index contributed by atoms with van der Waals surface area (Å²) in [7, 11) is 0. The van der Waals surface area contributed by atoms with Gasteiger partial charge in [-0.25, -0.2) is 18.5 Å². The number of nitriles is 1. The van der Waals surface area contributed by atoms with Gasteiger partial charge in [0, 0.05) is 30.7 Å². The minimum Gasteiger partial charge on any atom is -0.447 e. The summed E-state index contributed by atoms with van der Waals surface area (Å²) in [5.74, 6) is 0.192. The van der Waals surface area contributed by atoms with Crippen LogP contribution in [0.25, 0.3) is 0 Å². The number of amides is 1. The summed E-state index contributed by atoms with van der Waals surface area (Å²) in [6.45, 7) is 5.91. The molecule has 0 atom stereocenters. The number of carbonyl (C=O) groups excluding carboxylic acids is 1. The molecule has 0 bridgehead atoms. The van der Waals surface area contributed by atoms with Gasteiger partial charge in [-0.05, 0) is 86.0 Å². The quantitative estimate of drug-likeness (QED) is 0.585. The molecule has 1 aromatic heterocycles. The molecule has 5 rings (SSSR count). The van der Waals surface area contributed by atoms with Gasteiger partial charge in [0.05, 0.1) is 12.1 Å². The number of anilines is 1. The number of hydrogen-bond donors (Lipinski definition) is 0. The monoisotopic (exact) mass is 481 g/mol. The molecular formula is C25H28FN5O2S. The van der Waals surface area contributed by atoms with Gasteiger partial charge >= 0.3 is 6.09 Å². The molecule has 178 valence electrons. The lowest BCUT2D eigenvalue weighted by Crippen LogP contribution is -2.45. The summed E-state index contributed by atoms with van der Waals surface area (Å²) in [6.07, 6.45) is 6.24. The third-order valence-corrected chi connectivity index (χ3v) is 8.33. The summed E-state index contributed by atoms with van der Waals surface area (Å²) in [5.41, 5.74) is 1.53. The minimum atomic E-state index is -0.448. The van der Waals surface area contributed by atoms with Gasteiger partial charge in [-0.3, -0.25) is 9.80 Å².